The molecule has 1 aromatic carbocycles. The van der Waals surface area contributed by atoms with Crippen LogP contribution in [-0.2, 0) is 11.4 Å². The summed E-state index contributed by atoms with van der Waals surface area (Å²) < 4.78 is 4.92. The van der Waals surface area contributed by atoms with Crippen LogP contribution < -0.4 is 16.0 Å². The molecule has 1 aliphatic carbocycles. The first-order chi connectivity index (χ1) is 32.3. The summed E-state index contributed by atoms with van der Waals surface area (Å²) in [5.74, 6) is 1.64. The largest absolute Gasteiger partial charge is 0.341 e. The molecule has 5 heteroatoms. The van der Waals surface area contributed by atoms with E-state index in [4.69, 9.17) is 11.4 Å². The van der Waals surface area contributed by atoms with E-state index in [0.29, 0.717) is 12.5 Å². The van der Waals surface area contributed by atoms with Gasteiger partial charge < -0.3 is 4.57 Å². The molecule has 0 saturated heterocycles. The molecule has 2 aliphatic rings. The minimum atomic E-state index is 0.560. The SMILES string of the molecule is C=C/C=C(/Br)CC1=c2cc3c(cc2NOC1)c(C1=CC=C(Br)C1)c(=C)n3CC(CCCCCCCC)CCCCCCCCCC.CCCCCCCCCCC(C)CCCCCCCC. The molecule has 0 radical (unpaired) electrons. The van der Waals surface area contributed by atoms with Crippen molar-refractivity contribution in [3.63, 3.8) is 0 Å². The van der Waals surface area contributed by atoms with Gasteiger partial charge in [0.05, 0.1) is 12.3 Å². The first kappa shape index (κ1) is 58.5. The highest BCUT2D eigenvalue weighted by Crippen LogP contribution is 2.36. The van der Waals surface area contributed by atoms with E-state index >= 15 is 0 Å². The predicted molar refractivity (Wildman–Crippen MR) is 304 cm³/mol. The van der Waals surface area contributed by atoms with E-state index in [1.54, 1.807) is 0 Å². The molecule has 3 nitrogen and oxygen atoms in total. The van der Waals surface area contributed by atoms with Crippen LogP contribution in [-0.4, -0.2) is 11.2 Å². The van der Waals surface area contributed by atoms with E-state index in [2.05, 4.69) is 107 Å². The fourth-order valence-corrected chi connectivity index (χ4v) is 11.2. The number of unbranched alkanes of at least 4 members (excludes halogenated alkanes) is 24. The topological polar surface area (TPSA) is 26.2 Å². The Hall–Kier alpha value is -1.82. The van der Waals surface area contributed by atoms with Crippen molar-refractivity contribution in [2.45, 2.75) is 259 Å². The van der Waals surface area contributed by atoms with E-state index in [1.807, 2.05) is 12.2 Å². The standard InChI is InChI=1S/C41H58Br2N2O.C20H42/c1-5-8-10-12-14-15-17-19-22-32(21-18-16-13-11-9-6-2)29-45-31(4)41(33-23-24-36(43)25-33)38-27-39-37(28-40(38)45)34(30-46-44-39)26-35(42)20-7-3;1-4-6-8-10-12-13-15-17-19-20(3)18-16-14-11-9-7-5-2/h7,20,23-24,27-28,32,44H,3-6,8-19,21-22,25-26,29-30H2,1-2H3;20H,4-19H2,1-3H3/b35-20+;. The third-order valence-electron chi connectivity index (χ3n) is 14.4. The number of rotatable bonds is 38. The number of fused-ring (bicyclic) bond motifs is 2. The van der Waals surface area contributed by atoms with Crippen molar-refractivity contribution in [1.29, 1.82) is 0 Å². The van der Waals surface area contributed by atoms with Gasteiger partial charge in [0.2, 0.25) is 0 Å². The van der Waals surface area contributed by atoms with E-state index in [-0.39, 0.29) is 0 Å². The molecule has 0 amide bonds. The minimum absolute atomic E-state index is 0.560. The van der Waals surface area contributed by atoms with Gasteiger partial charge in [-0.1, -0.05) is 297 Å². The molecule has 2 aromatic rings. The number of hydrogen-bond acceptors (Lipinski definition) is 2. The lowest BCUT2D eigenvalue weighted by Gasteiger charge is -2.21. The summed E-state index contributed by atoms with van der Waals surface area (Å²) >= 11 is 7.50. The molecule has 66 heavy (non-hydrogen) atoms. The third-order valence-corrected chi connectivity index (χ3v) is 15.5. The lowest BCUT2D eigenvalue weighted by atomic mass is 9.93. The fraction of sp³-hybridized carbons (Fsp3) is 0.705. The fourth-order valence-electron chi connectivity index (χ4n) is 10.3. The number of aromatic nitrogens is 1. The van der Waals surface area contributed by atoms with Crippen molar-refractivity contribution < 1.29 is 4.84 Å². The number of allylic oxidation sites excluding steroid dienone is 7. The van der Waals surface area contributed by atoms with Gasteiger partial charge in [0.15, 0.2) is 0 Å². The normalized spacial score (nSPS) is 14.7. The summed E-state index contributed by atoms with van der Waals surface area (Å²) in [6.07, 6.45) is 55.1. The Morgan fingerprint density at radius 3 is 1.61 bits per heavy atom. The van der Waals surface area contributed by atoms with Gasteiger partial charge in [-0.15, -0.1) is 0 Å². The van der Waals surface area contributed by atoms with Crippen LogP contribution in [0, 0.1) is 11.8 Å². The van der Waals surface area contributed by atoms with Crippen molar-refractivity contribution in [2.75, 3.05) is 12.1 Å². The molecule has 0 spiro atoms. The first-order valence-corrected chi connectivity index (χ1v) is 29.6. The number of nitrogens with zero attached hydrogens (tertiary/aromatic N) is 1. The van der Waals surface area contributed by atoms with Gasteiger partial charge in [-0.05, 0) is 56.9 Å². The lowest BCUT2D eigenvalue weighted by Crippen LogP contribution is -2.25. The van der Waals surface area contributed by atoms with Crippen LogP contribution in [0.5, 0.6) is 0 Å². The number of nitrogens with one attached hydrogen (secondary N) is 1. The Labute approximate surface area is 424 Å². The molecule has 2 atom stereocenters. The average molecular weight is 1040 g/mol. The van der Waals surface area contributed by atoms with Crippen LogP contribution in [0.3, 0.4) is 0 Å². The van der Waals surface area contributed by atoms with Gasteiger partial charge in [0, 0.05) is 46.4 Å². The predicted octanol–water partition coefficient (Wildman–Crippen LogP) is 20.3. The highest BCUT2D eigenvalue weighted by atomic mass is 79.9. The molecule has 1 aromatic heterocycles. The maximum absolute atomic E-state index is 5.88. The van der Waals surface area contributed by atoms with Gasteiger partial charge in [-0.25, -0.2) is 0 Å². The monoisotopic (exact) mass is 1030 g/mol. The number of hydrogen-bond donors (Lipinski definition) is 1. The third kappa shape index (κ3) is 23.2. The van der Waals surface area contributed by atoms with Gasteiger partial charge in [-0.2, -0.15) is 0 Å². The van der Waals surface area contributed by atoms with Crippen LogP contribution in [0.25, 0.3) is 28.6 Å². The maximum atomic E-state index is 5.88. The van der Waals surface area contributed by atoms with Crippen LogP contribution in [0.15, 0.2) is 52.0 Å². The molecule has 2 heterocycles. The van der Waals surface area contributed by atoms with E-state index in [9.17, 15) is 0 Å². The molecule has 0 bridgehead atoms. The second kappa shape index (κ2) is 37.1. The zero-order valence-electron chi connectivity index (χ0n) is 43.6. The molecule has 1 N–H and O–H groups in total. The van der Waals surface area contributed by atoms with E-state index in [1.165, 1.54) is 243 Å². The summed E-state index contributed by atoms with van der Waals surface area (Å²) in [4.78, 5) is 5.88. The van der Waals surface area contributed by atoms with Crippen molar-refractivity contribution in [3.8, 4) is 0 Å². The molecular formula is C61H100Br2N2O. The minimum Gasteiger partial charge on any atom is -0.341 e. The van der Waals surface area contributed by atoms with Crippen LogP contribution in [0.1, 0.15) is 258 Å². The Bertz CT molecular complexity index is 1820. The quantitative estimate of drug-likeness (QED) is 0.0536. The van der Waals surface area contributed by atoms with Crippen molar-refractivity contribution in [2.24, 2.45) is 11.8 Å². The Morgan fingerprint density at radius 1 is 0.682 bits per heavy atom. The summed E-state index contributed by atoms with van der Waals surface area (Å²) in [5, 5.41) is 3.67. The Kier molecular flexibility index (Phi) is 32.9. The van der Waals surface area contributed by atoms with Crippen molar-refractivity contribution in [3.05, 3.63) is 68.1 Å². The van der Waals surface area contributed by atoms with Crippen LogP contribution >= 0.6 is 31.9 Å². The lowest BCUT2D eigenvalue weighted by molar-refractivity contribution is 0.226. The smallest absolute Gasteiger partial charge is 0.0969 e. The van der Waals surface area contributed by atoms with Gasteiger partial charge in [-0.3, -0.25) is 10.3 Å². The highest BCUT2D eigenvalue weighted by molar-refractivity contribution is 9.12. The second-order valence-corrected chi connectivity index (χ2v) is 22.5. The zero-order valence-corrected chi connectivity index (χ0v) is 46.8. The van der Waals surface area contributed by atoms with Gasteiger partial charge in [0.25, 0.3) is 0 Å². The van der Waals surface area contributed by atoms with Crippen LogP contribution in [0.4, 0.5) is 5.69 Å². The molecule has 374 valence electrons. The maximum Gasteiger partial charge on any atom is 0.0969 e. The average Bonchev–Trinajstić information content (AvgIpc) is 3.85. The van der Waals surface area contributed by atoms with Gasteiger partial charge >= 0.3 is 0 Å². The second-order valence-electron chi connectivity index (χ2n) is 20.5. The number of halogens is 2. The highest BCUT2D eigenvalue weighted by Gasteiger charge is 2.22. The molecule has 0 fully saturated rings. The Balaban J connectivity index is 0.000000487. The number of benzene rings is 1. The summed E-state index contributed by atoms with van der Waals surface area (Å²) in [5.41, 5.74) is 9.49. The summed E-state index contributed by atoms with van der Waals surface area (Å²) in [6, 6.07) is 4.72. The summed E-state index contributed by atoms with van der Waals surface area (Å²) in [6.45, 7) is 21.9. The van der Waals surface area contributed by atoms with Gasteiger partial charge in [0.1, 0.15) is 0 Å². The molecular weight excluding hydrogens is 936 g/mol. The van der Waals surface area contributed by atoms with E-state index < -0.39 is 0 Å². The van der Waals surface area contributed by atoms with Crippen molar-refractivity contribution >= 4 is 66.2 Å². The molecule has 0 saturated carbocycles. The van der Waals surface area contributed by atoms with Crippen LogP contribution in [0.2, 0.25) is 0 Å². The number of anilines is 1. The first-order valence-electron chi connectivity index (χ1n) is 28.0. The molecule has 4 rings (SSSR count). The zero-order chi connectivity index (χ0) is 47.6. The molecule has 2 unspecified atom stereocenters. The summed E-state index contributed by atoms with van der Waals surface area (Å²) in [7, 11) is 0. The Morgan fingerprint density at radius 2 is 1.15 bits per heavy atom. The van der Waals surface area contributed by atoms with E-state index in [0.717, 1.165) is 40.8 Å². The molecule has 1 aliphatic heterocycles. The van der Waals surface area contributed by atoms with Crippen molar-refractivity contribution in [1.82, 2.24) is 4.57 Å².